The summed E-state index contributed by atoms with van der Waals surface area (Å²) in [6, 6.07) is 13.6. The van der Waals surface area contributed by atoms with Gasteiger partial charge in [0, 0.05) is 36.7 Å². The summed E-state index contributed by atoms with van der Waals surface area (Å²) in [6.07, 6.45) is 6.38. The van der Waals surface area contributed by atoms with Crippen LogP contribution in [-0.2, 0) is 0 Å². The molecular weight excluding hydrogens is 462 g/mol. The van der Waals surface area contributed by atoms with Crippen LogP contribution in [0.5, 0.6) is 5.75 Å². The molecule has 2 aliphatic rings. The first kappa shape index (κ1) is 21.7. The summed E-state index contributed by atoms with van der Waals surface area (Å²) >= 11 is 1.53. The van der Waals surface area contributed by atoms with E-state index in [1.54, 1.807) is 13.4 Å². The molecule has 1 aromatic carbocycles. The minimum Gasteiger partial charge on any atom is -0.497 e. The van der Waals surface area contributed by atoms with Crippen molar-refractivity contribution in [1.82, 2.24) is 14.9 Å². The zero-order valence-electron chi connectivity index (χ0n) is 19.3. The number of nitrogens with zero attached hydrogens (tertiary/aromatic N) is 4. The Labute approximate surface area is 206 Å². The maximum atomic E-state index is 12.7. The lowest BCUT2D eigenvalue weighted by Gasteiger charge is -2.18. The molecule has 2 aliphatic heterocycles. The van der Waals surface area contributed by atoms with Gasteiger partial charge in [0.1, 0.15) is 23.2 Å². The molecule has 1 atom stereocenters. The molecule has 3 aromatic heterocycles. The molecule has 0 aliphatic carbocycles. The van der Waals surface area contributed by atoms with E-state index in [1.165, 1.54) is 11.3 Å². The molecule has 6 rings (SSSR count). The van der Waals surface area contributed by atoms with Crippen molar-refractivity contribution >= 4 is 28.1 Å². The predicted octanol–water partition coefficient (Wildman–Crippen LogP) is 5.33. The summed E-state index contributed by atoms with van der Waals surface area (Å²) in [4.78, 5) is 22.6. The van der Waals surface area contributed by atoms with E-state index in [1.807, 2.05) is 64.0 Å². The number of methoxy groups -OCH3 is 1. The van der Waals surface area contributed by atoms with Crippen LogP contribution < -0.4 is 9.75 Å². The van der Waals surface area contributed by atoms with Crippen LogP contribution in [0, 0.1) is 0 Å². The van der Waals surface area contributed by atoms with E-state index in [9.17, 15) is 4.79 Å². The highest BCUT2D eigenvalue weighted by atomic mass is 32.1. The Hall–Kier alpha value is -3.85. The molecule has 1 fully saturated rings. The molecule has 1 saturated heterocycles. The second kappa shape index (κ2) is 9.07. The van der Waals surface area contributed by atoms with Crippen molar-refractivity contribution in [2.75, 3.05) is 25.2 Å². The first-order valence-electron chi connectivity index (χ1n) is 11.7. The first-order chi connectivity index (χ1) is 17.2. The number of carbonyl (C=O) groups is 1. The lowest BCUT2D eigenvalue weighted by Crippen LogP contribution is -2.27. The van der Waals surface area contributed by atoms with Crippen molar-refractivity contribution in [3.05, 3.63) is 77.3 Å². The zero-order chi connectivity index (χ0) is 23.8. The molecule has 178 valence electrons. The molecule has 1 N–H and O–H groups in total. The molecule has 4 aromatic rings. The van der Waals surface area contributed by atoms with Gasteiger partial charge in [-0.15, -0.1) is 11.3 Å². The van der Waals surface area contributed by atoms with Gasteiger partial charge < -0.3 is 19.0 Å². The lowest BCUT2D eigenvalue weighted by molar-refractivity contribution is 0.0787. The van der Waals surface area contributed by atoms with E-state index in [0.29, 0.717) is 12.1 Å². The van der Waals surface area contributed by atoms with Gasteiger partial charge in [-0.25, -0.2) is 9.99 Å². The van der Waals surface area contributed by atoms with Crippen LogP contribution >= 0.6 is 11.3 Å². The molecule has 5 heterocycles. The SMILES string of the molecule is COc1ccc(C2=NN(c3nc(-c4c[nH]c(C(=O)N5CCCC5)c4)cs3)[C@@H](c3ccco3)C2)cc1. The second-order valence-electron chi connectivity index (χ2n) is 8.67. The topological polar surface area (TPSA) is 87.0 Å². The predicted molar refractivity (Wildman–Crippen MR) is 135 cm³/mol. The first-order valence-corrected chi connectivity index (χ1v) is 12.6. The molecule has 1 amide bonds. The van der Waals surface area contributed by atoms with Gasteiger partial charge in [0.2, 0.25) is 5.13 Å². The van der Waals surface area contributed by atoms with E-state index >= 15 is 0 Å². The minimum absolute atomic E-state index is 0.0513. The number of furan rings is 1. The molecule has 0 saturated carbocycles. The number of anilines is 1. The highest BCUT2D eigenvalue weighted by Gasteiger charge is 2.33. The van der Waals surface area contributed by atoms with Crippen molar-refractivity contribution in [1.29, 1.82) is 0 Å². The van der Waals surface area contributed by atoms with Crippen molar-refractivity contribution in [3.8, 4) is 17.0 Å². The van der Waals surface area contributed by atoms with Crippen LogP contribution in [0.25, 0.3) is 11.3 Å². The number of ether oxygens (including phenoxy) is 1. The zero-order valence-corrected chi connectivity index (χ0v) is 20.1. The summed E-state index contributed by atoms with van der Waals surface area (Å²) in [6.45, 7) is 1.65. The second-order valence-corrected chi connectivity index (χ2v) is 9.51. The standard InChI is InChI=1S/C26H25N5O3S/c1-33-19-8-6-17(7-9-19)20-14-23(24-5-4-12-34-24)31(29-20)26-28-22(16-35-26)18-13-21(27-15-18)25(32)30-10-2-3-11-30/h4-9,12-13,15-16,23,27H,2-3,10-11,14H2,1H3/t23-/m1/s1. The van der Waals surface area contributed by atoms with Gasteiger partial charge in [0.15, 0.2) is 0 Å². The lowest BCUT2D eigenvalue weighted by atomic mass is 10.0. The summed E-state index contributed by atoms with van der Waals surface area (Å²) in [5.74, 6) is 1.70. The van der Waals surface area contributed by atoms with Gasteiger partial charge in [-0.05, 0) is 60.9 Å². The molecule has 9 heteroatoms. The number of hydrogen-bond acceptors (Lipinski definition) is 7. The van der Waals surface area contributed by atoms with E-state index in [0.717, 1.165) is 65.1 Å². The van der Waals surface area contributed by atoms with E-state index in [2.05, 4.69) is 4.98 Å². The number of nitrogens with one attached hydrogen (secondary N) is 1. The third-order valence-corrected chi connectivity index (χ3v) is 7.33. The molecule has 0 bridgehead atoms. The fourth-order valence-corrected chi connectivity index (χ4v) is 5.44. The Morgan fingerprint density at radius 3 is 2.74 bits per heavy atom. The maximum absolute atomic E-state index is 12.7. The van der Waals surface area contributed by atoms with Gasteiger partial charge >= 0.3 is 0 Å². The van der Waals surface area contributed by atoms with Crippen LogP contribution in [0.2, 0.25) is 0 Å². The number of aromatic amines is 1. The van der Waals surface area contributed by atoms with Crippen molar-refractivity contribution in [2.24, 2.45) is 5.10 Å². The number of amides is 1. The van der Waals surface area contributed by atoms with Crippen LogP contribution in [0.15, 0.2) is 69.8 Å². The molecular formula is C26H25N5O3S. The van der Waals surface area contributed by atoms with Crippen molar-refractivity contribution in [2.45, 2.75) is 25.3 Å². The van der Waals surface area contributed by atoms with E-state index in [-0.39, 0.29) is 11.9 Å². The quantitative estimate of drug-likeness (QED) is 0.397. The molecule has 8 nitrogen and oxygen atoms in total. The minimum atomic E-state index is -0.0837. The van der Waals surface area contributed by atoms with E-state index in [4.69, 9.17) is 19.2 Å². The van der Waals surface area contributed by atoms with Crippen molar-refractivity contribution in [3.63, 3.8) is 0 Å². The summed E-state index contributed by atoms with van der Waals surface area (Å²) in [5, 5.41) is 9.66. The normalized spacial score (nSPS) is 17.7. The summed E-state index contributed by atoms with van der Waals surface area (Å²) in [5.41, 5.74) is 4.31. The number of carbonyl (C=O) groups excluding carboxylic acids is 1. The summed E-state index contributed by atoms with van der Waals surface area (Å²) < 4.78 is 11.0. The van der Waals surface area contributed by atoms with Gasteiger partial charge in [-0.3, -0.25) is 4.79 Å². The maximum Gasteiger partial charge on any atom is 0.270 e. The number of H-pyrrole nitrogens is 1. The highest BCUT2D eigenvalue weighted by Crippen LogP contribution is 2.39. The average Bonchev–Trinajstić information content (AvgIpc) is 3.71. The smallest absolute Gasteiger partial charge is 0.270 e. The van der Waals surface area contributed by atoms with Crippen LogP contribution in [-0.4, -0.2) is 46.7 Å². The largest absolute Gasteiger partial charge is 0.497 e. The third-order valence-electron chi connectivity index (χ3n) is 6.50. The average molecular weight is 488 g/mol. The number of rotatable bonds is 6. The number of hydrogen-bond donors (Lipinski definition) is 1. The van der Waals surface area contributed by atoms with Gasteiger partial charge in [0.25, 0.3) is 5.91 Å². The van der Waals surface area contributed by atoms with Gasteiger partial charge in [-0.2, -0.15) is 5.10 Å². The Morgan fingerprint density at radius 2 is 2.00 bits per heavy atom. The Bertz CT molecular complexity index is 1350. The summed E-state index contributed by atoms with van der Waals surface area (Å²) in [7, 11) is 1.66. The van der Waals surface area contributed by atoms with Gasteiger partial charge in [-0.1, -0.05) is 0 Å². The number of aromatic nitrogens is 2. The molecule has 35 heavy (non-hydrogen) atoms. The van der Waals surface area contributed by atoms with Crippen LogP contribution in [0.4, 0.5) is 5.13 Å². The molecule has 0 radical (unpaired) electrons. The van der Waals surface area contributed by atoms with E-state index < -0.39 is 0 Å². The van der Waals surface area contributed by atoms with Crippen molar-refractivity contribution < 1.29 is 13.9 Å². The number of likely N-dealkylation sites (tertiary alicyclic amines) is 1. The molecule has 0 spiro atoms. The Kier molecular flexibility index (Phi) is 5.61. The van der Waals surface area contributed by atoms with Crippen LogP contribution in [0.3, 0.4) is 0 Å². The fraction of sp³-hybridized carbons (Fsp3) is 0.269. The van der Waals surface area contributed by atoms with Gasteiger partial charge in [0.05, 0.1) is 24.8 Å². The monoisotopic (exact) mass is 487 g/mol. The molecule has 0 unspecified atom stereocenters. The number of thiazole rings is 1. The number of hydrazone groups is 1. The fourth-order valence-electron chi connectivity index (χ4n) is 4.61. The highest BCUT2D eigenvalue weighted by molar-refractivity contribution is 7.14. The van der Waals surface area contributed by atoms with Crippen LogP contribution in [0.1, 0.15) is 47.1 Å². The number of benzene rings is 1. The Morgan fingerprint density at radius 1 is 1.17 bits per heavy atom. The Balaban J connectivity index is 1.28. The third kappa shape index (κ3) is 4.12.